The Labute approximate surface area is 126 Å². The number of hydrogen-bond donors (Lipinski definition) is 1. The van der Waals surface area contributed by atoms with Crippen LogP contribution in [0.25, 0.3) is 0 Å². The largest absolute Gasteiger partial charge is 0.484 e. The summed E-state index contributed by atoms with van der Waals surface area (Å²) in [6.45, 7) is 7.15. The highest BCUT2D eigenvalue weighted by Crippen LogP contribution is 2.13. The normalized spacial score (nSPS) is 11.3. The van der Waals surface area contributed by atoms with Crippen molar-refractivity contribution in [3.8, 4) is 5.75 Å². The Balaban J connectivity index is 2.46. The monoisotopic (exact) mass is 292 g/mol. The molecule has 1 rings (SSSR count). The molecule has 0 aromatic heterocycles. The third kappa shape index (κ3) is 5.85. The molecule has 21 heavy (non-hydrogen) atoms. The van der Waals surface area contributed by atoms with E-state index in [1.165, 1.54) is 0 Å². The Morgan fingerprint density at radius 3 is 2.38 bits per heavy atom. The minimum Gasteiger partial charge on any atom is -0.484 e. The van der Waals surface area contributed by atoms with Gasteiger partial charge in [-0.2, -0.15) is 0 Å². The van der Waals surface area contributed by atoms with Gasteiger partial charge in [0.15, 0.2) is 6.61 Å². The molecule has 0 unspecified atom stereocenters. The third-order valence-corrected chi connectivity index (χ3v) is 3.35. The molecular formula is C16H24N2O3. The smallest absolute Gasteiger partial charge is 0.260 e. The second kappa shape index (κ2) is 9.00. The summed E-state index contributed by atoms with van der Waals surface area (Å²) in [4.78, 5) is 13.6. The van der Waals surface area contributed by atoms with Crippen LogP contribution < -0.4 is 4.74 Å². The van der Waals surface area contributed by atoms with Gasteiger partial charge in [-0.25, -0.2) is 0 Å². The fourth-order valence-electron chi connectivity index (χ4n) is 1.94. The number of ether oxygens (including phenoxy) is 1. The van der Waals surface area contributed by atoms with E-state index < -0.39 is 0 Å². The van der Waals surface area contributed by atoms with Gasteiger partial charge in [0.05, 0.1) is 5.71 Å². The van der Waals surface area contributed by atoms with E-state index in [-0.39, 0.29) is 12.5 Å². The highest BCUT2D eigenvalue weighted by atomic mass is 16.5. The molecule has 1 aromatic rings. The molecule has 0 aliphatic heterocycles. The van der Waals surface area contributed by atoms with Crippen molar-refractivity contribution in [2.75, 3.05) is 19.7 Å². The molecule has 116 valence electrons. The van der Waals surface area contributed by atoms with E-state index in [4.69, 9.17) is 9.94 Å². The molecule has 0 bridgehead atoms. The highest BCUT2D eigenvalue weighted by molar-refractivity contribution is 5.81. The van der Waals surface area contributed by atoms with Crippen LogP contribution in [0, 0.1) is 0 Å². The summed E-state index contributed by atoms with van der Waals surface area (Å²) in [5.41, 5.74) is 1.85. The fraction of sp³-hybridized carbons (Fsp3) is 0.500. The van der Waals surface area contributed by atoms with Crippen LogP contribution in [-0.2, 0) is 11.2 Å². The van der Waals surface area contributed by atoms with Gasteiger partial charge in [0.2, 0.25) is 0 Å². The molecule has 5 heteroatoms. The summed E-state index contributed by atoms with van der Waals surface area (Å²) in [7, 11) is 0. The molecule has 0 heterocycles. The van der Waals surface area contributed by atoms with E-state index in [0.29, 0.717) is 24.6 Å². The number of aryl methyl sites for hydroxylation is 1. The molecule has 0 saturated carbocycles. The van der Waals surface area contributed by atoms with Crippen LogP contribution in [-0.4, -0.2) is 41.4 Å². The lowest BCUT2D eigenvalue weighted by Gasteiger charge is -2.18. The SMILES string of the molecule is CCN(CC)C(=O)COc1ccc(CC/C(C)=N/O)cc1. The van der Waals surface area contributed by atoms with Gasteiger partial charge in [0.25, 0.3) is 5.91 Å². The zero-order valence-electron chi connectivity index (χ0n) is 13.0. The summed E-state index contributed by atoms with van der Waals surface area (Å²) in [6.07, 6.45) is 1.53. The van der Waals surface area contributed by atoms with Gasteiger partial charge in [-0.15, -0.1) is 0 Å². The van der Waals surface area contributed by atoms with Crippen molar-refractivity contribution in [2.45, 2.75) is 33.6 Å². The Hall–Kier alpha value is -2.04. The summed E-state index contributed by atoms with van der Waals surface area (Å²) in [5.74, 6) is 0.686. The van der Waals surface area contributed by atoms with Crippen LogP contribution in [0.4, 0.5) is 0 Å². The molecule has 0 radical (unpaired) electrons. The molecule has 1 aromatic carbocycles. The van der Waals surface area contributed by atoms with Gasteiger partial charge in [0.1, 0.15) is 5.75 Å². The van der Waals surface area contributed by atoms with Crippen LogP contribution in [0.5, 0.6) is 5.75 Å². The molecular weight excluding hydrogens is 268 g/mol. The van der Waals surface area contributed by atoms with Crippen LogP contribution in [0.3, 0.4) is 0 Å². The van der Waals surface area contributed by atoms with Crippen molar-refractivity contribution in [2.24, 2.45) is 5.16 Å². The van der Waals surface area contributed by atoms with Crippen LogP contribution >= 0.6 is 0 Å². The first-order valence-electron chi connectivity index (χ1n) is 7.27. The van der Waals surface area contributed by atoms with Crippen molar-refractivity contribution >= 4 is 11.6 Å². The number of likely N-dealkylation sites (N-methyl/N-ethyl adjacent to an activating group) is 1. The summed E-state index contributed by atoms with van der Waals surface area (Å²) < 4.78 is 5.50. The molecule has 0 spiro atoms. The lowest BCUT2D eigenvalue weighted by molar-refractivity contribution is -0.132. The Bertz CT molecular complexity index is 465. The first-order valence-corrected chi connectivity index (χ1v) is 7.27. The number of amides is 1. The van der Waals surface area contributed by atoms with Crippen molar-refractivity contribution < 1.29 is 14.7 Å². The number of oxime groups is 1. The van der Waals surface area contributed by atoms with Gasteiger partial charge in [0, 0.05) is 13.1 Å². The summed E-state index contributed by atoms with van der Waals surface area (Å²) in [5, 5.41) is 11.7. The number of benzene rings is 1. The molecule has 0 fully saturated rings. The summed E-state index contributed by atoms with van der Waals surface area (Å²) in [6, 6.07) is 7.64. The molecule has 1 N–H and O–H groups in total. The number of rotatable bonds is 8. The quantitative estimate of drug-likeness (QED) is 0.455. The number of carbonyl (C=O) groups excluding carboxylic acids is 1. The van der Waals surface area contributed by atoms with E-state index in [0.717, 1.165) is 18.4 Å². The van der Waals surface area contributed by atoms with E-state index in [1.54, 1.807) is 11.8 Å². The predicted octanol–water partition coefficient (Wildman–Crippen LogP) is 2.72. The zero-order chi connectivity index (χ0) is 15.7. The maximum absolute atomic E-state index is 11.8. The average Bonchev–Trinajstić information content (AvgIpc) is 2.52. The van der Waals surface area contributed by atoms with Crippen LogP contribution in [0.15, 0.2) is 29.4 Å². The molecule has 1 amide bonds. The second-order valence-corrected chi connectivity index (χ2v) is 4.83. The first-order chi connectivity index (χ1) is 10.1. The van der Waals surface area contributed by atoms with Gasteiger partial charge in [-0.1, -0.05) is 17.3 Å². The second-order valence-electron chi connectivity index (χ2n) is 4.83. The van der Waals surface area contributed by atoms with Gasteiger partial charge < -0.3 is 14.8 Å². The van der Waals surface area contributed by atoms with Crippen molar-refractivity contribution in [1.29, 1.82) is 0 Å². The molecule has 0 saturated heterocycles. The van der Waals surface area contributed by atoms with Gasteiger partial charge >= 0.3 is 0 Å². The van der Waals surface area contributed by atoms with Gasteiger partial charge in [-0.3, -0.25) is 4.79 Å². The third-order valence-electron chi connectivity index (χ3n) is 3.35. The maximum Gasteiger partial charge on any atom is 0.260 e. The van der Waals surface area contributed by atoms with E-state index >= 15 is 0 Å². The number of carbonyl (C=O) groups is 1. The predicted molar refractivity (Wildman–Crippen MR) is 83.1 cm³/mol. The zero-order valence-corrected chi connectivity index (χ0v) is 13.0. The van der Waals surface area contributed by atoms with E-state index in [2.05, 4.69) is 5.16 Å². The number of hydrogen-bond acceptors (Lipinski definition) is 4. The average molecular weight is 292 g/mol. The Kier molecular flexibility index (Phi) is 7.29. The van der Waals surface area contributed by atoms with Gasteiger partial charge in [-0.05, 0) is 51.3 Å². The molecule has 0 aliphatic rings. The molecule has 0 aliphatic carbocycles. The van der Waals surface area contributed by atoms with Crippen molar-refractivity contribution in [3.63, 3.8) is 0 Å². The van der Waals surface area contributed by atoms with Crippen LogP contribution in [0.1, 0.15) is 32.8 Å². The fourth-order valence-corrected chi connectivity index (χ4v) is 1.94. The topological polar surface area (TPSA) is 62.1 Å². The minimum atomic E-state index is -0.00106. The lowest BCUT2D eigenvalue weighted by Crippen LogP contribution is -2.34. The molecule has 0 atom stereocenters. The lowest BCUT2D eigenvalue weighted by atomic mass is 10.1. The minimum absolute atomic E-state index is 0.00106. The first kappa shape index (κ1) is 17.0. The standard InChI is InChI=1S/C16H24N2O3/c1-4-18(5-2)16(19)12-21-15-10-8-14(9-11-15)7-6-13(3)17-20/h8-11,20H,4-7,12H2,1-3H3/b17-13+. The van der Waals surface area contributed by atoms with E-state index in [1.807, 2.05) is 38.1 Å². The number of nitrogens with zero attached hydrogens (tertiary/aromatic N) is 2. The highest BCUT2D eigenvalue weighted by Gasteiger charge is 2.09. The van der Waals surface area contributed by atoms with Crippen LogP contribution in [0.2, 0.25) is 0 Å². The Morgan fingerprint density at radius 2 is 1.86 bits per heavy atom. The Morgan fingerprint density at radius 1 is 1.24 bits per heavy atom. The van der Waals surface area contributed by atoms with E-state index in [9.17, 15) is 4.79 Å². The van der Waals surface area contributed by atoms with Crippen molar-refractivity contribution in [3.05, 3.63) is 29.8 Å². The molecule has 5 nitrogen and oxygen atoms in total. The maximum atomic E-state index is 11.8. The van der Waals surface area contributed by atoms with Crippen molar-refractivity contribution in [1.82, 2.24) is 4.90 Å². The summed E-state index contributed by atoms with van der Waals surface area (Å²) >= 11 is 0.